The van der Waals surface area contributed by atoms with E-state index in [1.165, 1.54) is 23.3 Å². The zero-order valence-electron chi connectivity index (χ0n) is 16.8. The number of hydrogen-bond donors (Lipinski definition) is 0. The van der Waals surface area contributed by atoms with Crippen molar-refractivity contribution < 1.29 is 9.13 Å². The van der Waals surface area contributed by atoms with Gasteiger partial charge in [-0.25, -0.2) is 9.07 Å². The molecule has 0 unspecified atom stereocenters. The first-order chi connectivity index (χ1) is 14.7. The van der Waals surface area contributed by atoms with E-state index in [0.717, 1.165) is 50.3 Å². The molecule has 5 rings (SSSR count). The molecule has 156 valence electrons. The van der Waals surface area contributed by atoms with E-state index in [2.05, 4.69) is 33.7 Å². The molecule has 1 aromatic heterocycles. The molecular weight excluding hydrogens is 399 g/mol. The summed E-state index contributed by atoms with van der Waals surface area (Å²) in [5.74, 6) is 0.516. The molecule has 5 nitrogen and oxygen atoms in total. The van der Waals surface area contributed by atoms with E-state index in [1.54, 1.807) is 12.1 Å². The summed E-state index contributed by atoms with van der Waals surface area (Å²) >= 11 is 5.83. The third kappa shape index (κ3) is 3.97. The van der Waals surface area contributed by atoms with Crippen LogP contribution in [0.1, 0.15) is 24.0 Å². The normalized spacial score (nSPS) is 19.2. The number of ether oxygens (including phenoxy) is 1. The molecule has 30 heavy (non-hydrogen) atoms. The van der Waals surface area contributed by atoms with Crippen molar-refractivity contribution in [3.63, 3.8) is 0 Å². The number of hydrogen-bond acceptors (Lipinski definition) is 4. The highest BCUT2D eigenvalue weighted by Gasteiger charge is 2.22. The third-order valence-electron chi connectivity index (χ3n) is 5.98. The van der Waals surface area contributed by atoms with Crippen molar-refractivity contribution in [2.75, 3.05) is 13.2 Å². The van der Waals surface area contributed by atoms with Crippen LogP contribution in [0.4, 0.5) is 4.39 Å². The lowest BCUT2D eigenvalue weighted by Gasteiger charge is -2.28. The monoisotopic (exact) mass is 424 g/mol. The lowest BCUT2D eigenvalue weighted by atomic mass is 10.0. The summed E-state index contributed by atoms with van der Waals surface area (Å²) in [5, 5.41) is 4.86. The van der Waals surface area contributed by atoms with Crippen LogP contribution >= 0.6 is 12.2 Å². The largest absolute Gasteiger partial charge is 0.376 e. The molecule has 1 saturated heterocycles. The summed E-state index contributed by atoms with van der Waals surface area (Å²) in [7, 11) is 0. The average Bonchev–Trinajstić information content (AvgIpc) is 3.38. The minimum atomic E-state index is -0.255. The summed E-state index contributed by atoms with van der Waals surface area (Å²) in [6.45, 7) is 3.98. The molecule has 2 aliphatic rings. The predicted molar refractivity (Wildman–Crippen MR) is 116 cm³/mol. The minimum Gasteiger partial charge on any atom is -0.376 e. The van der Waals surface area contributed by atoms with Gasteiger partial charge in [-0.2, -0.15) is 5.10 Å². The highest BCUT2D eigenvalue weighted by Crippen LogP contribution is 2.24. The second-order valence-electron chi connectivity index (χ2n) is 8.07. The number of halogens is 1. The first-order valence-electron chi connectivity index (χ1n) is 10.5. The van der Waals surface area contributed by atoms with Crippen LogP contribution < -0.4 is 0 Å². The number of nitrogens with zero attached hydrogens (tertiary/aromatic N) is 4. The van der Waals surface area contributed by atoms with Crippen molar-refractivity contribution in [1.82, 2.24) is 19.2 Å². The molecule has 7 heteroatoms. The zero-order chi connectivity index (χ0) is 20.5. The van der Waals surface area contributed by atoms with E-state index in [1.807, 2.05) is 4.68 Å². The van der Waals surface area contributed by atoms with Crippen molar-refractivity contribution in [3.8, 4) is 11.4 Å². The van der Waals surface area contributed by atoms with Crippen molar-refractivity contribution in [2.24, 2.45) is 0 Å². The second-order valence-corrected chi connectivity index (χ2v) is 8.44. The number of aromatic nitrogens is 3. The highest BCUT2D eigenvalue weighted by atomic mass is 32.1. The highest BCUT2D eigenvalue weighted by molar-refractivity contribution is 7.71. The lowest BCUT2D eigenvalue weighted by molar-refractivity contribution is 0.0966. The summed E-state index contributed by atoms with van der Waals surface area (Å²) in [4.78, 5) is 2.37. The molecule has 0 aliphatic carbocycles. The van der Waals surface area contributed by atoms with Gasteiger partial charge in [-0.1, -0.05) is 24.3 Å². The molecule has 0 spiro atoms. The van der Waals surface area contributed by atoms with E-state index in [0.29, 0.717) is 18.0 Å². The topological polar surface area (TPSA) is 35.2 Å². The molecule has 0 radical (unpaired) electrons. The quantitative estimate of drug-likeness (QED) is 0.568. The van der Waals surface area contributed by atoms with Crippen LogP contribution in [0.3, 0.4) is 0 Å². The molecule has 2 aliphatic heterocycles. The number of rotatable bonds is 5. The predicted octanol–water partition coefficient (Wildman–Crippen LogP) is 4.41. The fraction of sp³-hybridized carbons (Fsp3) is 0.391. The Balaban J connectivity index is 1.45. The molecule has 0 N–H and O–H groups in total. The molecule has 2 aromatic carbocycles. The van der Waals surface area contributed by atoms with Gasteiger partial charge in [0, 0.05) is 25.3 Å². The molecule has 3 heterocycles. The van der Waals surface area contributed by atoms with Crippen LogP contribution in [0.25, 0.3) is 11.4 Å². The van der Waals surface area contributed by atoms with Crippen molar-refractivity contribution in [1.29, 1.82) is 0 Å². The van der Waals surface area contributed by atoms with Gasteiger partial charge in [0.2, 0.25) is 0 Å². The standard InChI is InChI=1S/C23H25FN4OS/c24-20-9-7-18(8-10-20)22-25-28(23(30)27(22)15-21-6-3-13-29-21)16-26-12-11-17-4-1-2-5-19(17)14-26/h1-2,4-5,7-10,21H,3,6,11-16H2/t21-/m0/s1. The van der Waals surface area contributed by atoms with Gasteiger partial charge in [-0.05, 0) is 66.9 Å². The van der Waals surface area contributed by atoms with E-state index >= 15 is 0 Å². The van der Waals surface area contributed by atoms with Gasteiger partial charge < -0.3 is 4.74 Å². The average molecular weight is 425 g/mol. The molecule has 1 fully saturated rings. The zero-order valence-corrected chi connectivity index (χ0v) is 17.7. The van der Waals surface area contributed by atoms with Crippen LogP contribution in [-0.4, -0.2) is 38.5 Å². The number of benzene rings is 2. The molecule has 0 bridgehead atoms. The fourth-order valence-corrected chi connectivity index (χ4v) is 4.63. The van der Waals surface area contributed by atoms with Gasteiger partial charge in [-0.3, -0.25) is 9.47 Å². The van der Waals surface area contributed by atoms with Gasteiger partial charge in [0.15, 0.2) is 10.6 Å². The van der Waals surface area contributed by atoms with Gasteiger partial charge in [-0.15, -0.1) is 0 Å². The summed E-state index contributed by atoms with van der Waals surface area (Å²) in [5.41, 5.74) is 3.66. The Morgan fingerprint density at radius 3 is 2.67 bits per heavy atom. The van der Waals surface area contributed by atoms with Crippen LogP contribution in [0.5, 0.6) is 0 Å². The van der Waals surface area contributed by atoms with Crippen molar-refractivity contribution >= 4 is 12.2 Å². The van der Waals surface area contributed by atoms with Crippen molar-refractivity contribution in [3.05, 3.63) is 70.2 Å². The first kappa shape index (κ1) is 19.6. The van der Waals surface area contributed by atoms with Crippen molar-refractivity contribution in [2.45, 2.75) is 45.1 Å². The van der Waals surface area contributed by atoms with Gasteiger partial charge in [0.05, 0.1) is 19.3 Å². The molecule has 1 atom stereocenters. The summed E-state index contributed by atoms with van der Waals surface area (Å²) in [6, 6.07) is 15.1. The smallest absolute Gasteiger partial charge is 0.199 e. The summed E-state index contributed by atoms with van der Waals surface area (Å²) < 4.78 is 23.9. The molecular formula is C23H25FN4OS. The maximum Gasteiger partial charge on any atom is 0.199 e. The summed E-state index contributed by atoms with van der Waals surface area (Å²) in [6.07, 6.45) is 3.28. The van der Waals surface area contributed by atoms with Gasteiger partial charge >= 0.3 is 0 Å². The molecule has 0 saturated carbocycles. The molecule has 3 aromatic rings. The minimum absolute atomic E-state index is 0.149. The van der Waals surface area contributed by atoms with Crippen LogP contribution in [0.15, 0.2) is 48.5 Å². The Bertz CT molecular complexity index is 1090. The maximum absolute atomic E-state index is 13.5. The Kier molecular flexibility index (Phi) is 5.50. The Hall–Kier alpha value is -2.35. The van der Waals surface area contributed by atoms with E-state index in [-0.39, 0.29) is 11.9 Å². The van der Waals surface area contributed by atoms with E-state index in [9.17, 15) is 4.39 Å². The Morgan fingerprint density at radius 1 is 1.10 bits per heavy atom. The third-order valence-corrected chi connectivity index (χ3v) is 6.41. The van der Waals surface area contributed by atoms with Gasteiger partial charge in [0.1, 0.15) is 5.82 Å². The number of fused-ring (bicyclic) bond motifs is 1. The van der Waals surface area contributed by atoms with E-state index < -0.39 is 0 Å². The first-order valence-corrected chi connectivity index (χ1v) is 10.9. The Labute approximate surface area is 180 Å². The van der Waals surface area contributed by atoms with Crippen LogP contribution in [-0.2, 0) is 30.9 Å². The molecule has 0 amide bonds. The second kappa shape index (κ2) is 8.41. The Morgan fingerprint density at radius 2 is 1.90 bits per heavy atom. The van der Waals surface area contributed by atoms with Gasteiger partial charge in [0.25, 0.3) is 0 Å². The maximum atomic E-state index is 13.5. The van der Waals surface area contributed by atoms with E-state index in [4.69, 9.17) is 22.1 Å². The lowest BCUT2D eigenvalue weighted by Crippen LogP contribution is -2.32. The van der Waals surface area contributed by atoms with Crippen LogP contribution in [0.2, 0.25) is 0 Å². The SMILES string of the molecule is Fc1ccc(-c2nn(CN3CCc4ccccc4C3)c(=S)n2C[C@@H]2CCCO2)cc1. The van der Waals surface area contributed by atoms with Crippen LogP contribution in [0, 0.1) is 10.6 Å². The fourth-order valence-electron chi connectivity index (χ4n) is 4.37.